The number of nitrogens with one attached hydrogen (secondary N) is 7. The second-order valence-corrected chi connectivity index (χ2v) is 31.9. The number of furan rings is 1. The Balaban J connectivity index is 0.000000117. The van der Waals surface area contributed by atoms with Crippen molar-refractivity contribution in [1.29, 1.82) is 0 Å². The van der Waals surface area contributed by atoms with Crippen molar-refractivity contribution < 1.29 is 70.9 Å². The number of hydrogen-bond donors (Lipinski definition) is 14. The molecule has 1 fully saturated rings. The van der Waals surface area contributed by atoms with Crippen LogP contribution in [0.4, 0.5) is 36.4 Å². The number of anilines is 1. The van der Waals surface area contributed by atoms with Gasteiger partial charge in [0.15, 0.2) is 23.5 Å². The quantitative estimate of drug-likeness (QED) is 0.0264. The highest BCUT2D eigenvalue weighted by atomic mass is 35.5. The van der Waals surface area contributed by atoms with Crippen molar-refractivity contribution in [3.05, 3.63) is 380 Å². The Morgan fingerprint density at radius 3 is 1.44 bits per heavy atom. The molecule has 7 atom stereocenters. The number of rotatable bonds is 19. The summed E-state index contributed by atoms with van der Waals surface area (Å²) < 4.78 is 106. The molecule has 14 N–H and O–H groups in total. The van der Waals surface area contributed by atoms with Crippen molar-refractivity contribution in [2.45, 2.75) is 95.6 Å². The molecule has 1 aliphatic heterocycles. The van der Waals surface area contributed by atoms with Crippen molar-refractivity contribution >= 4 is 83.0 Å². The van der Waals surface area contributed by atoms with Gasteiger partial charge in [0.1, 0.15) is 117 Å². The number of aliphatic hydroxyl groups is 7. The maximum atomic E-state index is 13.8. The summed E-state index contributed by atoms with van der Waals surface area (Å²) in [5.41, 5.74) is 10.3. The van der Waals surface area contributed by atoms with E-state index in [4.69, 9.17) is 16.0 Å². The number of aromatic amines is 7. The Labute approximate surface area is 754 Å². The summed E-state index contributed by atoms with van der Waals surface area (Å²) in [6.45, 7) is 7.79. The van der Waals surface area contributed by atoms with Crippen molar-refractivity contribution in [3.63, 3.8) is 0 Å². The van der Waals surface area contributed by atoms with Crippen molar-refractivity contribution in [3.8, 4) is 10.6 Å². The summed E-state index contributed by atoms with van der Waals surface area (Å²) in [5.74, 6) is 0.663. The van der Waals surface area contributed by atoms with Crippen molar-refractivity contribution in [2.75, 3.05) is 18.0 Å². The first-order valence-electron chi connectivity index (χ1n) is 41.2. The van der Waals surface area contributed by atoms with Crippen LogP contribution in [0.3, 0.4) is 0 Å². The second kappa shape index (κ2) is 41.6. The van der Waals surface area contributed by atoms with Crippen LogP contribution in [0.25, 0.3) is 53.6 Å². The van der Waals surface area contributed by atoms with Gasteiger partial charge in [-0.2, -0.15) is 9.49 Å². The van der Waals surface area contributed by atoms with E-state index >= 15 is 0 Å². The molecule has 0 aliphatic carbocycles. The van der Waals surface area contributed by atoms with Gasteiger partial charge < -0.3 is 80.0 Å². The van der Waals surface area contributed by atoms with Gasteiger partial charge >= 0.3 is 0 Å². The summed E-state index contributed by atoms with van der Waals surface area (Å²) >= 11 is 8.78. The molecule has 38 heteroatoms. The predicted molar refractivity (Wildman–Crippen MR) is 480 cm³/mol. The lowest BCUT2D eigenvalue weighted by molar-refractivity contribution is 0.204. The minimum absolute atomic E-state index is 0.181. The van der Waals surface area contributed by atoms with Crippen LogP contribution in [0, 0.1) is 40.9 Å². The molecule has 1 aliphatic rings. The molecule has 15 aromatic heterocycles. The lowest BCUT2D eigenvalue weighted by Gasteiger charge is -2.23. The number of aromatic nitrogens is 19. The van der Waals surface area contributed by atoms with Gasteiger partial charge in [-0.05, 0) is 156 Å². The van der Waals surface area contributed by atoms with Crippen LogP contribution in [-0.4, -0.2) is 142 Å². The van der Waals surface area contributed by atoms with Crippen molar-refractivity contribution in [1.82, 2.24) is 93.3 Å². The highest BCUT2D eigenvalue weighted by Gasteiger charge is 2.29. The van der Waals surface area contributed by atoms with E-state index in [-0.39, 0.29) is 34.8 Å². The lowest BCUT2D eigenvalue weighted by Crippen LogP contribution is -2.21. The number of imidazole rings is 7. The summed E-state index contributed by atoms with van der Waals surface area (Å²) in [7, 11) is 1.71. The van der Waals surface area contributed by atoms with Crippen LogP contribution in [-0.2, 0) is 26.3 Å². The highest BCUT2D eigenvalue weighted by molar-refractivity contribution is 7.17. The number of aryl methyl sites for hydroxylation is 4. The van der Waals surface area contributed by atoms with Gasteiger partial charge in [-0.15, -0.1) is 22.7 Å². The Hall–Kier alpha value is -14.0. The van der Waals surface area contributed by atoms with Crippen LogP contribution in [0.15, 0.2) is 242 Å². The zero-order valence-electron chi connectivity index (χ0n) is 70.2. The lowest BCUT2D eigenvalue weighted by atomic mass is 10.00. The average Bonchev–Trinajstić information content (AvgIpc) is 1.67. The molecule has 674 valence electrons. The Morgan fingerprint density at radius 2 is 0.908 bits per heavy atom. The summed E-state index contributed by atoms with van der Waals surface area (Å²) in [6.07, 6.45) is 26.9. The molecule has 0 bridgehead atoms. The van der Waals surface area contributed by atoms with Crippen LogP contribution in [0.1, 0.15) is 173 Å². The van der Waals surface area contributed by atoms with E-state index in [2.05, 4.69) is 84.8 Å². The molecule has 7 unspecified atom stereocenters. The molecular formula is C93H86ClF7N20O8S2. The standard InChI is InChI=1S/C14H14FN3O.C14H16FN3O.C14H13FN2O2.C14H13FN2OS.C13H10FN3OS.C12H9ClFN3O.C12H11FN4O/c1-2-9-5-8-18-11(15)4-3-10(12(9)18)13(19)14-16-6-7-17-14;15-10-3-4-11(13(19)14-16-5-6-17-14)12(9-10)18-7-1-2-8-18;2*1-2-8-7-19-13-10(15)4-3-9(11(8)13)12(18)14-16-5-6-17-14;14-8-1-2-9(11(18)12-15-3-4-16-12)10(7-8)13-17-5-6-19-13;13-10-4-3-8-7(14)1-2-9(17(8)10)11(18)12-15-5-6-16-12;1-17-10-7(11(18)12-14-4-5-15-12)2-3-9(13)8(10)6-16-17/h3-8,13,19H,2H2,1H3,(H,16,17);3-6,9,13,19H,1-2,7-8H2,(H,16,17);2*3-7,12,18H,2H2,1H3,(H,16,17);1-7,11,18H,(H,15,16);1-6,11,18H,(H,15,16);2-6,11,18H,1H3,(H,14,15). The first-order chi connectivity index (χ1) is 63.5. The molecule has 20 aromatic rings. The maximum Gasteiger partial charge on any atom is 0.198 e. The van der Waals surface area contributed by atoms with E-state index in [1.165, 1.54) is 111 Å². The van der Waals surface area contributed by atoms with Crippen LogP contribution < -0.4 is 4.90 Å². The molecule has 0 spiro atoms. The molecule has 21 rings (SSSR count). The summed E-state index contributed by atoms with van der Waals surface area (Å²) in [5, 5.41) is 82.9. The fraction of sp³-hybridized carbons (Fsp3) is 0.194. The number of hydrogen-bond acceptors (Lipinski definition) is 20. The minimum atomic E-state index is -0.993. The summed E-state index contributed by atoms with van der Waals surface area (Å²) in [6, 6.07) is 28.3. The Kier molecular flexibility index (Phi) is 29.2. The van der Waals surface area contributed by atoms with Gasteiger partial charge in [0.2, 0.25) is 0 Å². The molecule has 0 radical (unpaired) electrons. The van der Waals surface area contributed by atoms with Gasteiger partial charge in [0.05, 0.1) is 44.8 Å². The van der Waals surface area contributed by atoms with Crippen LogP contribution >= 0.6 is 34.3 Å². The number of benzene rings is 5. The molecule has 0 amide bonds. The Morgan fingerprint density at radius 1 is 0.443 bits per heavy atom. The number of H-pyrrole nitrogens is 7. The normalized spacial score (nSPS) is 13.5. The van der Waals surface area contributed by atoms with Gasteiger partial charge in [0.25, 0.3) is 0 Å². The first-order valence-corrected chi connectivity index (χ1v) is 43.3. The number of aliphatic hydroxyl groups excluding tert-OH is 7. The topological polar surface area (TPSA) is 398 Å². The molecular weight excluding hydrogens is 1760 g/mol. The number of pyridine rings is 2. The number of halogens is 8. The van der Waals surface area contributed by atoms with E-state index in [1.54, 1.807) is 153 Å². The van der Waals surface area contributed by atoms with E-state index < -0.39 is 54.4 Å². The first kappa shape index (κ1) is 91.7. The molecule has 28 nitrogen and oxygen atoms in total. The maximum absolute atomic E-state index is 13.8. The number of nitrogens with zero attached hydrogens (tertiary/aromatic N) is 13. The number of thiophene rings is 1. The van der Waals surface area contributed by atoms with E-state index in [1.807, 2.05) is 37.6 Å². The highest BCUT2D eigenvalue weighted by Crippen LogP contribution is 2.40. The predicted octanol–water partition coefficient (Wildman–Crippen LogP) is 17.8. The zero-order chi connectivity index (χ0) is 92.1. The minimum Gasteiger partial charge on any atom is -0.461 e. The van der Waals surface area contributed by atoms with Gasteiger partial charge in [-0.1, -0.05) is 62.7 Å². The van der Waals surface area contributed by atoms with Crippen molar-refractivity contribution in [2.24, 2.45) is 7.05 Å². The van der Waals surface area contributed by atoms with Crippen LogP contribution in [0.5, 0.6) is 0 Å². The largest absolute Gasteiger partial charge is 0.461 e. The van der Waals surface area contributed by atoms with Gasteiger partial charge in [0, 0.05) is 163 Å². The molecule has 0 saturated carbocycles. The fourth-order valence-electron chi connectivity index (χ4n) is 15.4. The average molecular weight is 1840 g/mol. The van der Waals surface area contributed by atoms with E-state index in [0.717, 1.165) is 66.5 Å². The SMILES string of the molecule is CCc1ccn2c(F)ccc(C(O)c3ncc[nH]3)c12.CCc1coc2c(F)ccc(C(O)c3ncc[nH]3)c12.CCc1csc2c(F)ccc(C(O)c3ncc[nH]3)c12.Cn1ncc2c(F)ccc(C(O)c3ncc[nH]3)c21.OC(c1ncc[nH]1)c1ccc(F)c2ccc(Cl)n12.OC(c1ncc[nH]1)c1ccc(F)cc1-c1nccs1.OC(c1ncc[nH]1)c1ccc(F)cc1N1CCCC1. The smallest absolute Gasteiger partial charge is 0.198 e. The molecule has 1 saturated heterocycles. The monoisotopic (exact) mass is 1840 g/mol. The number of thiazole rings is 1. The van der Waals surface area contributed by atoms with Gasteiger partial charge in [-0.3, -0.25) is 13.5 Å². The fourth-order valence-corrected chi connectivity index (χ4v) is 17.4. The van der Waals surface area contributed by atoms with E-state index in [0.29, 0.717) is 134 Å². The zero-order valence-corrected chi connectivity index (χ0v) is 72.6. The third-order valence-corrected chi connectivity index (χ3v) is 23.9. The van der Waals surface area contributed by atoms with Gasteiger partial charge in [-0.25, -0.2) is 66.2 Å². The summed E-state index contributed by atoms with van der Waals surface area (Å²) in [4.78, 5) is 54.5. The Bertz CT molecular complexity index is 6650. The third kappa shape index (κ3) is 19.9. The second-order valence-electron chi connectivity index (χ2n) is 29.7. The number of fused-ring (bicyclic) bond motifs is 5. The van der Waals surface area contributed by atoms with E-state index in [9.17, 15) is 66.5 Å². The third-order valence-electron chi connectivity index (χ3n) is 21.8. The van der Waals surface area contributed by atoms with Crippen LogP contribution in [0.2, 0.25) is 5.15 Å². The molecule has 131 heavy (non-hydrogen) atoms. The molecule has 16 heterocycles. The molecule has 5 aromatic carbocycles.